The molecule has 2 aliphatic heterocycles. The Bertz CT molecular complexity index is 562. The molecule has 2 amide bonds. The number of fused-ring (bicyclic) bond motifs is 1. The number of rotatable bonds is 2. The third-order valence-corrected chi connectivity index (χ3v) is 4.35. The lowest BCUT2D eigenvalue weighted by atomic mass is 10.0. The number of piperidine rings is 1. The second kappa shape index (κ2) is 4.90. The predicted octanol–water partition coefficient (Wildman–Crippen LogP) is 1.35. The van der Waals surface area contributed by atoms with Gasteiger partial charge in [-0.25, -0.2) is 0 Å². The number of hydrogen-bond donors (Lipinski definition) is 1. The van der Waals surface area contributed by atoms with Crippen molar-refractivity contribution in [2.75, 3.05) is 25.4 Å². The fourth-order valence-corrected chi connectivity index (χ4v) is 3.15. The van der Waals surface area contributed by atoms with Crippen LogP contribution < -0.4 is 5.73 Å². The molecule has 2 N–H and O–H groups in total. The molecule has 3 rings (SSSR count). The van der Waals surface area contributed by atoms with E-state index < -0.39 is 0 Å². The maximum Gasteiger partial charge on any atom is 0.263 e. The van der Waals surface area contributed by atoms with E-state index >= 15 is 0 Å². The van der Waals surface area contributed by atoms with Crippen LogP contribution >= 0.6 is 0 Å². The highest BCUT2D eigenvalue weighted by molar-refractivity contribution is 6.23. The summed E-state index contributed by atoms with van der Waals surface area (Å²) < 4.78 is 0. The third-order valence-electron chi connectivity index (χ3n) is 4.35. The van der Waals surface area contributed by atoms with Gasteiger partial charge in [-0.1, -0.05) is 13.0 Å². The quantitative estimate of drug-likeness (QED) is 0.652. The van der Waals surface area contributed by atoms with Crippen molar-refractivity contribution in [2.24, 2.45) is 0 Å². The van der Waals surface area contributed by atoms with Gasteiger partial charge in [0.25, 0.3) is 11.8 Å². The summed E-state index contributed by atoms with van der Waals surface area (Å²) in [7, 11) is 0. The van der Waals surface area contributed by atoms with Gasteiger partial charge in [-0.2, -0.15) is 0 Å². The number of hydrogen-bond acceptors (Lipinski definition) is 4. The smallest absolute Gasteiger partial charge is 0.263 e. The zero-order chi connectivity index (χ0) is 14.3. The van der Waals surface area contributed by atoms with Crippen LogP contribution in [-0.2, 0) is 0 Å². The van der Waals surface area contributed by atoms with Crippen LogP contribution in [0.2, 0.25) is 0 Å². The molecule has 20 heavy (non-hydrogen) atoms. The summed E-state index contributed by atoms with van der Waals surface area (Å²) in [5, 5.41) is 0. The number of carbonyl (C=O) groups excluding carboxylic acids is 2. The van der Waals surface area contributed by atoms with Crippen molar-refractivity contribution in [1.29, 1.82) is 0 Å². The van der Waals surface area contributed by atoms with Crippen LogP contribution in [0.25, 0.3) is 0 Å². The number of benzene rings is 1. The van der Waals surface area contributed by atoms with E-state index in [0.717, 1.165) is 32.5 Å². The van der Waals surface area contributed by atoms with Crippen LogP contribution in [-0.4, -0.2) is 47.3 Å². The lowest BCUT2D eigenvalue weighted by Crippen LogP contribution is -2.47. The molecule has 2 heterocycles. The molecule has 5 nitrogen and oxygen atoms in total. The molecule has 2 aliphatic rings. The fourth-order valence-electron chi connectivity index (χ4n) is 3.15. The molecular formula is C15H19N3O2. The van der Waals surface area contributed by atoms with Crippen molar-refractivity contribution in [3.63, 3.8) is 0 Å². The summed E-state index contributed by atoms with van der Waals surface area (Å²) in [4.78, 5) is 28.7. The Morgan fingerprint density at radius 3 is 2.50 bits per heavy atom. The molecule has 106 valence electrons. The standard InChI is InChI=1S/C15H19N3O2/c1-2-17-8-6-10(7-9-17)18-14(19)11-4-3-5-12(16)13(11)15(18)20/h3-5,10H,2,6-9,16H2,1H3. The van der Waals surface area contributed by atoms with Crippen molar-refractivity contribution in [2.45, 2.75) is 25.8 Å². The molecule has 0 unspecified atom stereocenters. The van der Waals surface area contributed by atoms with E-state index in [1.165, 1.54) is 4.90 Å². The Kier molecular flexibility index (Phi) is 3.22. The summed E-state index contributed by atoms with van der Waals surface area (Å²) in [5.41, 5.74) is 7.09. The minimum Gasteiger partial charge on any atom is -0.398 e. The van der Waals surface area contributed by atoms with E-state index in [-0.39, 0.29) is 17.9 Å². The normalized spacial score (nSPS) is 20.6. The largest absolute Gasteiger partial charge is 0.398 e. The lowest BCUT2D eigenvalue weighted by Gasteiger charge is -2.35. The van der Waals surface area contributed by atoms with E-state index in [9.17, 15) is 9.59 Å². The van der Waals surface area contributed by atoms with Crippen LogP contribution in [0.1, 0.15) is 40.5 Å². The molecule has 0 aliphatic carbocycles. The molecule has 1 fully saturated rings. The van der Waals surface area contributed by atoms with Crippen LogP contribution in [0.3, 0.4) is 0 Å². The number of nitrogen functional groups attached to an aromatic ring is 1. The molecule has 1 saturated heterocycles. The van der Waals surface area contributed by atoms with Gasteiger partial charge in [-0.05, 0) is 31.5 Å². The molecule has 1 aromatic carbocycles. The Labute approximate surface area is 118 Å². The van der Waals surface area contributed by atoms with Crippen molar-refractivity contribution in [1.82, 2.24) is 9.80 Å². The van der Waals surface area contributed by atoms with Gasteiger partial charge >= 0.3 is 0 Å². The molecule has 0 aromatic heterocycles. The van der Waals surface area contributed by atoms with E-state index in [0.29, 0.717) is 16.8 Å². The first kappa shape index (κ1) is 13.1. The number of imide groups is 1. The number of likely N-dealkylation sites (tertiary alicyclic amines) is 1. The molecule has 0 atom stereocenters. The monoisotopic (exact) mass is 273 g/mol. The topological polar surface area (TPSA) is 66.6 Å². The van der Waals surface area contributed by atoms with E-state index in [4.69, 9.17) is 5.73 Å². The first-order valence-electron chi connectivity index (χ1n) is 7.12. The highest BCUT2D eigenvalue weighted by atomic mass is 16.2. The Balaban J connectivity index is 1.86. The highest BCUT2D eigenvalue weighted by Gasteiger charge is 2.41. The van der Waals surface area contributed by atoms with Gasteiger partial charge in [0.05, 0.1) is 11.1 Å². The summed E-state index contributed by atoms with van der Waals surface area (Å²) >= 11 is 0. The molecule has 0 saturated carbocycles. The van der Waals surface area contributed by atoms with Gasteiger partial charge in [-0.3, -0.25) is 14.5 Å². The summed E-state index contributed by atoms with van der Waals surface area (Å²) in [5.74, 6) is -0.412. The number of nitrogens with two attached hydrogens (primary N) is 1. The number of nitrogens with zero attached hydrogens (tertiary/aromatic N) is 2. The van der Waals surface area contributed by atoms with E-state index in [1.807, 2.05) is 0 Å². The average Bonchev–Trinajstić information content (AvgIpc) is 2.72. The van der Waals surface area contributed by atoms with Crippen LogP contribution in [0.4, 0.5) is 5.69 Å². The van der Waals surface area contributed by atoms with Crippen molar-refractivity contribution >= 4 is 17.5 Å². The van der Waals surface area contributed by atoms with Crippen molar-refractivity contribution < 1.29 is 9.59 Å². The van der Waals surface area contributed by atoms with E-state index in [1.54, 1.807) is 18.2 Å². The van der Waals surface area contributed by atoms with Crippen molar-refractivity contribution in [3.8, 4) is 0 Å². The van der Waals surface area contributed by atoms with Crippen LogP contribution in [0.5, 0.6) is 0 Å². The minimum atomic E-state index is -0.224. The maximum absolute atomic E-state index is 12.5. The number of anilines is 1. The minimum absolute atomic E-state index is 0.00426. The van der Waals surface area contributed by atoms with Gasteiger partial charge < -0.3 is 10.6 Å². The fraction of sp³-hybridized carbons (Fsp3) is 0.467. The lowest BCUT2D eigenvalue weighted by molar-refractivity contribution is 0.0506. The first-order valence-corrected chi connectivity index (χ1v) is 7.12. The molecule has 1 aromatic rings. The summed E-state index contributed by atoms with van der Waals surface area (Å²) in [6.45, 7) is 5.01. The van der Waals surface area contributed by atoms with Crippen LogP contribution in [0, 0.1) is 0 Å². The first-order chi connectivity index (χ1) is 9.63. The Morgan fingerprint density at radius 1 is 1.20 bits per heavy atom. The average molecular weight is 273 g/mol. The van der Waals surface area contributed by atoms with Gasteiger partial charge in [0.2, 0.25) is 0 Å². The molecule has 5 heteroatoms. The third kappa shape index (κ3) is 1.89. The van der Waals surface area contributed by atoms with Gasteiger partial charge in [0, 0.05) is 24.8 Å². The second-order valence-corrected chi connectivity index (χ2v) is 5.42. The van der Waals surface area contributed by atoms with E-state index in [2.05, 4.69) is 11.8 Å². The molecule has 0 radical (unpaired) electrons. The van der Waals surface area contributed by atoms with Gasteiger partial charge in [-0.15, -0.1) is 0 Å². The Hall–Kier alpha value is -1.88. The van der Waals surface area contributed by atoms with Crippen LogP contribution in [0.15, 0.2) is 18.2 Å². The number of carbonyl (C=O) groups is 2. The van der Waals surface area contributed by atoms with Gasteiger partial charge in [0.15, 0.2) is 0 Å². The SMILES string of the molecule is CCN1CCC(N2C(=O)c3cccc(N)c3C2=O)CC1. The highest BCUT2D eigenvalue weighted by Crippen LogP contribution is 2.31. The van der Waals surface area contributed by atoms with Crippen molar-refractivity contribution in [3.05, 3.63) is 29.3 Å². The summed E-state index contributed by atoms with van der Waals surface area (Å²) in [6, 6.07) is 5.09. The zero-order valence-electron chi connectivity index (χ0n) is 11.6. The predicted molar refractivity (Wildman–Crippen MR) is 76.5 cm³/mol. The summed E-state index contributed by atoms with van der Waals surface area (Å²) in [6.07, 6.45) is 1.69. The Morgan fingerprint density at radius 2 is 1.90 bits per heavy atom. The molecule has 0 spiro atoms. The second-order valence-electron chi connectivity index (χ2n) is 5.42. The maximum atomic E-state index is 12.5. The number of amides is 2. The zero-order valence-corrected chi connectivity index (χ0v) is 11.6. The molecular weight excluding hydrogens is 254 g/mol. The molecule has 0 bridgehead atoms. The van der Waals surface area contributed by atoms with Gasteiger partial charge in [0.1, 0.15) is 0 Å².